The van der Waals surface area contributed by atoms with Crippen LogP contribution in [0.5, 0.6) is 5.75 Å². The minimum Gasteiger partial charge on any atom is -0.492 e. The molecule has 160 valence electrons. The number of rotatable bonds is 10. The van der Waals surface area contributed by atoms with Gasteiger partial charge in [-0.2, -0.15) is 0 Å². The van der Waals surface area contributed by atoms with Crippen molar-refractivity contribution in [2.45, 2.75) is 45.4 Å². The van der Waals surface area contributed by atoms with Crippen LogP contribution in [0.25, 0.3) is 0 Å². The number of nitrogens with one attached hydrogen (secondary N) is 3. The smallest absolute Gasteiger partial charge is 0.224 e. The van der Waals surface area contributed by atoms with Crippen LogP contribution in [0.1, 0.15) is 44.6 Å². The summed E-state index contributed by atoms with van der Waals surface area (Å²) in [6.07, 6.45) is 6.14. The number of hydrogen-bond acceptors (Lipinski definition) is 4. The Labute approximate surface area is 173 Å². The molecule has 3 N–H and O–H groups in total. The number of amides is 1. The van der Waals surface area contributed by atoms with Gasteiger partial charge in [0.2, 0.25) is 5.91 Å². The van der Waals surface area contributed by atoms with Crippen molar-refractivity contribution in [3.63, 3.8) is 0 Å². The molecule has 7 heteroatoms. The van der Waals surface area contributed by atoms with Crippen LogP contribution in [-0.4, -0.2) is 51.8 Å². The first-order valence-corrected chi connectivity index (χ1v) is 10.7. The molecule has 1 saturated carbocycles. The average molecular weight is 403 g/mol. The van der Waals surface area contributed by atoms with Gasteiger partial charge in [0.05, 0.1) is 6.54 Å². The molecule has 0 unspecified atom stereocenters. The first-order chi connectivity index (χ1) is 14.1. The molecular weight excluding hydrogens is 368 g/mol. The van der Waals surface area contributed by atoms with E-state index in [-0.39, 0.29) is 5.91 Å². The molecule has 2 aliphatic rings. The molecule has 0 bridgehead atoms. The number of fused-ring (bicyclic) bond motifs is 1. The summed E-state index contributed by atoms with van der Waals surface area (Å²) in [5, 5.41) is 9.57. The number of methoxy groups -OCH3 is 1. The fourth-order valence-corrected chi connectivity index (χ4v) is 3.86. The van der Waals surface area contributed by atoms with Crippen LogP contribution in [0.2, 0.25) is 0 Å². The number of aryl methyl sites for hydroxylation is 1. The SMILES string of the molecule is CCNC(=NCC1(CCOC)CCC1)NCCOc1ccc2c(c1)CCC(=O)N2. The van der Waals surface area contributed by atoms with Gasteiger partial charge in [0.15, 0.2) is 5.96 Å². The first kappa shape index (κ1) is 21.4. The third kappa shape index (κ3) is 6.10. The molecule has 1 heterocycles. The molecule has 29 heavy (non-hydrogen) atoms. The third-order valence-electron chi connectivity index (χ3n) is 5.80. The Bertz CT molecular complexity index is 716. The standard InChI is InChI=1S/C22H34N4O3/c1-3-23-21(25-16-22(9-4-10-22)11-13-28-2)24-12-14-29-18-6-7-19-17(15-18)5-8-20(27)26-19/h6-7,15H,3-5,8-14,16H2,1-2H3,(H,26,27)(H2,23,24,25). The number of nitrogens with zero attached hydrogens (tertiary/aromatic N) is 1. The molecule has 0 spiro atoms. The zero-order chi connectivity index (χ0) is 20.5. The number of ether oxygens (including phenoxy) is 2. The molecule has 1 amide bonds. The zero-order valence-electron chi connectivity index (χ0n) is 17.7. The number of carbonyl (C=O) groups excluding carboxylic acids is 1. The van der Waals surface area contributed by atoms with E-state index in [1.165, 1.54) is 19.3 Å². The molecule has 1 aliphatic carbocycles. The Kier molecular flexibility index (Phi) is 7.75. The van der Waals surface area contributed by atoms with Crippen LogP contribution in [0, 0.1) is 5.41 Å². The second-order valence-electron chi connectivity index (χ2n) is 7.93. The van der Waals surface area contributed by atoms with Gasteiger partial charge in [-0.25, -0.2) is 0 Å². The zero-order valence-corrected chi connectivity index (χ0v) is 17.7. The summed E-state index contributed by atoms with van der Waals surface area (Å²) in [7, 11) is 1.76. The number of hydrogen-bond donors (Lipinski definition) is 3. The van der Waals surface area contributed by atoms with Crippen LogP contribution < -0.4 is 20.7 Å². The van der Waals surface area contributed by atoms with Gasteiger partial charge in [-0.3, -0.25) is 9.79 Å². The van der Waals surface area contributed by atoms with Crippen molar-refractivity contribution in [2.75, 3.05) is 45.3 Å². The highest BCUT2D eigenvalue weighted by atomic mass is 16.5. The largest absolute Gasteiger partial charge is 0.492 e. The molecule has 7 nitrogen and oxygen atoms in total. The van der Waals surface area contributed by atoms with E-state index in [1.54, 1.807) is 7.11 Å². The normalized spacial score (nSPS) is 17.7. The van der Waals surface area contributed by atoms with Crippen LogP contribution in [0.3, 0.4) is 0 Å². The van der Waals surface area contributed by atoms with E-state index in [9.17, 15) is 4.79 Å². The number of anilines is 1. The number of carbonyl (C=O) groups is 1. The summed E-state index contributed by atoms with van der Waals surface area (Å²) in [5.41, 5.74) is 2.34. The van der Waals surface area contributed by atoms with E-state index in [1.807, 2.05) is 18.2 Å². The average Bonchev–Trinajstić information content (AvgIpc) is 2.70. The maximum absolute atomic E-state index is 11.5. The van der Waals surface area contributed by atoms with Crippen molar-refractivity contribution in [3.8, 4) is 5.75 Å². The molecule has 1 aromatic carbocycles. The van der Waals surface area contributed by atoms with E-state index in [4.69, 9.17) is 14.5 Å². The maximum atomic E-state index is 11.5. The molecule has 0 aromatic heterocycles. The molecule has 1 fully saturated rings. The van der Waals surface area contributed by atoms with Crippen molar-refractivity contribution in [1.82, 2.24) is 10.6 Å². The second kappa shape index (κ2) is 10.5. The highest BCUT2D eigenvalue weighted by Crippen LogP contribution is 2.44. The van der Waals surface area contributed by atoms with Gasteiger partial charge in [0.1, 0.15) is 12.4 Å². The molecule has 0 radical (unpaired) electrons. The van der Waals surface area contributed by atoms with E-state index in [0.29, 0.717) is 25.0 Å². The van der Waals surface area contributed by atoms with Gasteiger partial charge in [-0.1, -0.05) is 6.42 Å². The van der Waals surface area contributed by atoms with Gasteiger partial charge in [-0.15, -0.1) is 0 Å². The van der Waals surface area contributed by atoms with Crippen molar-refractivity contribution >= 4 is 17.6 Å². The summed E-state index contributed by atoms with van der Waals surface area (Å²) in [6, 6.07) is 5.84. The molecule has 3 rings (SSSR count). The van der Waals surface area contributed by atoms with Crippen molar-refractivity contribution in [2.24, 2.45) is 10.4 Å². The van der Waals surface area contributed by atoms with Crippen molar-refractivity contribution in [3.05, 3.63) is 23.8 Å². The lowest BCUT2D eigenvalue weighted by Gasteiger charge is -2.40. The highest BCUT2D eigenvalue weighted by Gasteiger charge is 2.36. The molecular formula is C22H34N4O3. The Balaban J connectivity index is 1.45. The molecule has 0 atom stereocenters. The summed E-state index contributed by atoms with van der Waals surface area (Å²) in [4.78, 5) is 16.3. The van der Waals surface area contributed by atoms with E-state index in [0.717, 1.165) is 55.5 Å². The second-order valence-corrected chi connectivity index (χ2v) is 7.93. The summed E-state index contributed by atoms with van der Waals surface area (Å²) in [5.74, 6) is 1.75. The molecule has 0 saturated heterocycles. The van der Waals surface area contributed by atoms with Crippen LogP contribution >= 0.6 is 0 Å². The fourth-order valence-electron chi connectivity index (χ4n) is 3.86. The quantitative estimate of drug-likeness (QED) is 0.318. The van der Waals surface area contributed by atoms with Gasteiger partial charge >= 0.3 is 0 Å². The minimum atomic E-state index is 0.0801. The monoisotopic (exact) mass is 402 g/mol. The number of guanidine groups is 1. The first-order valence-electron chi connectivity index (χ1n) is 10.7. The lowest BCUT2D eigenvalue weighted by Crippen LogP contribution is -2.41. The summed E-state index contributed by atoms with van der Waals surface area (Å²) >= 11 is 0. The highest BCUT2D eigenvalue weighted by molar-refractivity contribution is 5.94. The van der Waals surface area contributed by atoms with Crippen molar-refractivity contribution in [1.29, 1.82) is 0 Å². The topological polar surface area (TPSA) is 84.0 Å². The predicted molar refractivity (Wildman–Crippen MR) is 116 cm³/mol. The lowest BCUT2D eigenvalue weighted by molar-refractivity contribution is -0.116. The Hall–Kier alpha value is -2.28. The number of aliphatic imine (C=N–C) groups is 1. The van der Waals surface area contributed by atoms with Crippen LogP contribution in [0.4, 0.5) is 5.69 Å². The maximum Gasteiger partial charge on any atom is 0.224 e. The fraction of sp³-hybridized carbons (Fsp3) is 0.636. The molecule has 1 aromatic rings. The molecule has 1 aliphatic heterocycles. The third-order valence-corrected chi connectivity index (χ3v) is 5.80. The van der Waals surface area contributed by atoms with E-state index < -0.39 is 0 Å². The Morgan fingerprint density at radius 1 is 1.24 bits per heavy atom. The summed E-state index contributed by atoms with van der Waals surface area (Å²) < 4.78 is 11.2. The van der Waals surface area contributed by atoms with Gasteiger partial charge in [0, 0.05) is 38.9 Å². The predicted octanol–water partition coefficient (Wildman–Crippen LogP) is 2.71. The van der Waals surface area contributed by atoms with E-state index in [2.05, 4.69) is 22.9 Å². The van der Waals surface area contributed by atoms with Gasteiger partial charge in [-0.05, 0) is 61.8 Å². The Morgan fingerprint density at radius 3 is 2.83 bits per heavy atom. The van der Waals surface area contributed by atoms with Crippen LogP contribution in [-0.2, 0) is 16.0 Å². The van der Waals surface area contributed by atoms with Gasteiger partial charge < -0.3 is 25.4 Å². The number of benzene rings is 1. The van der Waals surface area contributed by atoms with Crippen LogP contribution in [0.15, 0.2) is 23.2 Å². The van der Waals surface area contributed by atoms with Gasteiger partial charge in [0.25, 0.3) is 0 Å². The minimum absolute atomic E-state index is 0.0801. The Morgan fingerprint density at radius 2 is 2.10 bits per heavy atom. The van der Waals surface area contributed by atoms with Crippen molar-refractivity contribution < 1.29 is 14.3 Å². The summed E-state index contributed by atoms with van der Waals surface area (Å²) in [6.45, 7) is 5.76. The van der Waals surface area contributed by atoms with E-state index >= 15 is 0 Å². The lowest BCUT2D eigenvalue weighted by atomic mass is 9.67.